The summed E-state index contributed by atoms with van der Waals surface area (Å²) in [5.41, 5.74) is 3.77. The Morgan fingerprint density at radius 1 is 0.963 bits per heavy atom. The summed E-state index contributed by atoms with van der Waals surface area (Å²) in [6.45, 7) is 0.219. The lowest BCUT2D eigenvalue weighted by molar-refractivity contribution is 0.0999. The lowest BCUT2D eigenvalue weighted by Crippen LogP contribution is -2.19. The molecule has 0 saturated heterocycles. The number of fused-ring (bicyclic) bond motifs is 4. The van der Waals surface area contributed by atoms with Crippen molar-refractivity contribution in [1.82, 2.24) is 0 Å². The second-order valence-electron chi connectivity index (χ2n) is 6.48. The molecule has 27 heavy (non-hydrogen) atoms. The highest BCUT2D eigenvalue weighted by atomic mass is 16.5. The third-order valence-electron chi connectivity index (χ3n) is 4.85. The van der Waals surface area contributed by atoms with Crippen LogP contribution in [0.5, 0.6) is 11.5 Å². The summed E-state index contributed by atoms with van der Waals surface area (Å²) >= 11 is 0. The Labute approximate surface area is 155 Å². The molecule has 2 heterocycles. The van der Waals surface area contributed by atoms with Gasteiger partial charge in [0.2, 0.25) is 0 Å². The average molecular weight is 356 g/mol. The molecule has 0 unspecified atom stereocenters. The van der Waals surface area contributed by atoms with Gasteiger partial charge in [0.05, 0.1) is 12.7 Å². The molecule has 0 aliphatic carbocycles. The molecule has 3 aromatic carbocycles. The van der Waals surface area contributed by atoms with Gasteiger partial charge in [0.1, 0.15) is 17.8 Å². The Morgan fingerprint density at radius 3 is 2.70 bits per heavy atom. The van der Waals surface area contributed by atoms with Crippen molar-refractivity contribution >= 4 is 33.8 Å². The number of carbonyl (C=O) groups is 1. The molecule has 0 amide bonds. The number of methoxy groups -OCH3 is 1. The summed E-state index contributed by atoms with van der Waals surface area (Å²) in [6, 6.07) is 19.2. The number of carbonyl (C=O) groups excluding carboxylic acids is 1. The highest BCUT2D eigenvalue weighted by Crippen LogP contribution is 2.36. The summed E-state index contributed by atoms with van der Waals surface area (Å²) in [6.07, 6.45) is 1.88. The second kappa shape index (κ2) is 6.02. The van der Waals surface area contributed by atoms with Crippen LogP contribution >= 0.6 is 0 Å². The van der Waals surface area contributed by atoms with Crippen LogP contribution < -0.4 is 9.47 Å². The van der Waals surface area contributed by atoms with Gasteiger partial charge in [-0.3, -0.25) is 4.79 Å². The minimum absolute atomic E-state index is 0.0349. The van der Waals surface area contributed by atoms with E-state index < -0.39 is 0 Å². The fraction of sp³-hybridized carbons (Fsp3) is 0.0870. The van der Waals surface area contributed by atoms with Crippen molar-refractivity contribution in [2.45, 2.75) is 0 Å². The van der Waals surface area contributed by atoms with E-state index in [0.717, 1.165) is 27.5 Å². The highest BCUT2D eigenvalue weighted by Gasteiger charge is 2.26. The molecule has 1 aliphatic rings. The molecule has 0 bridgehead atoms. The van der Waals surface area contributed by atoms with E-state index in [1.54, 1.807) is 25.3 Å². The largest absolute Gasteiger partial charge is 0.493 e. The van der Waals surface area contributed by atoms with E-state index >= 15 is 0 Å². The molecule has 0 N–H and O–H groups in total. The average Bonchev–Trinajstić information content (AvgIpc) is 3.08. The number of furan rings is 1. The van der Waals surface area contributed by atoms with Crippen LogP contribution in [-0.2, 0) is 0 Å². The van der Waals surface area contributed by atoms with Crippen LogP contribution in [0.15, 0.2) is 70.7 Å². The van der Waals surface area contributed by atoms with Gasteiger partial charge in [0.25, 0.3) is 0 Å². The first kappa shape index (κ1) is 15.7. The number of benzene rings is 3. The molecule has 1 aliphatic heterocycles. The number of ether oxygens (including phenoxy) is 2. The molecular formula is C23H16O4. The van der Waals surface area contributed by atoms with Crippen LogP contribution in [0.3, 0.4) is 0 Å². The Morgan fingerprint density at radius 2 is 1.81 bits per heavy atom. The molecular weight excluding hydrogens is 340 g/mol. The fourth-order valence-electron chi connectivity index (χ4n) is 3.53. The quantitative estimate of drug-likeness (QED) is 0.460. The van der Waals surface area contributed by atoms with Gasteiger partial charge in [-0.2, -0.15) is 0 Å². The van der Waals surface area contributed by atoms with Crippen molar-refractivity contribution in [3.63, 3.8) is 0 Å². The van der Waals surface area contributed by atoms with Crippen molar-refractivity contribution in [2.24, 2.45) is 0 Å². The van der Waals surface area contributed by atoms with Crippen molar-refractivity contribution < 1.29 is 18.7 Å². The zero-order valence-corrected chi connectivity index (χ0v) is 14.7. The van der Waals surface area contributed by atoms with E-state index in [4.69, 9.17) is 13.9 Å². The monoisotopic (exact) mass is 356 g/mol. The van der Waals surface area contributed by atoms with E-state index in [-0.39, 0.29) is 12.4 Å². The third-order valence-corrected chi connectivity index (χ3v) is 4.85. The maximum atomic E-state index is 12.9. The van der Waals surface area contributed by atoms with Crippen LogP contribution in [0.1, 0.15) is 15.9 Å². The molecule has 4 aromatic rings. The Kier molecular flexibility index (Phi) is 3.50. The van der Waals surface area contributed by atoms with Crippen molar-refractivity contribution in [2.75, 3.05) is 13.7 Å². The number of rotatable bonds is 2. The lowest BCUT2D eigenvalue weighted by Gasteiger charge is -2.20. The topological polar surface area (TPSA) is 48.7 Å². The normalized spacial score (nSPS) is 15.1. The summed E-state index contributed by atoms with van der Waals surface area (Å²) in [5.74, 6) is 1.05. The maximum Gasteiger partial charge on any atom is 0.196 e. The molecule has 0 atom stereocenters. The van der Waals surface area contributed by atoms with Crippen LogP contribution in [0.4, 0.5) is 0 Å². The summed E-state index contributed by atoms with van der Waals surface area (Å²) in [7, 11) is 1.57. The summed E-state index contributed by atoms with van der Waals surface area (Å²) in [5, 5.41) is 2.10. The van der Waals surface area contributed by atoms with Gasteiger partial charge in [-0.05, 0) is 42.0 Å². The van der Waals surface area contributed by atoms with E-state index in [9.17, 15) is 4.79 Å². The van der Waals surface area contributed by atoms with Crippen molar-refractivity contribution in [3.05, 3.63) is 77.4 Å². The van der Waals surface area contributed by atoms with E-state index in [2.05, 4.69) is 0 Å². The molecule has 132 valence electrons. The summed E-state index contributed by atoms with van der Waals surface area (Å²) < 4.78 is 17.0. The molecule has 4 heteroatoms. The standard InChI is InChI=1S/C23H16O4/c1-25-21-8-4-6-17-22(24)15(13-26-23(17)21)11-14-9-10-20-18(12-14)16-5-2-3-7-19(16)27-20/h2-12H,13H2,1H3/b15-11+. The third kappa shape index (κ3) is 2.49. The minimum atomic E-state index is -0.0349. The van der Waals surface area contributed by atoms with Gasteiger partial charge in [-0.1, -0.05) is 30.3 Å². The number of hydrogen-bond donors (Lipinski definition) is 0. The van der Waals surface area contributed by atoms with Crippen LogP contribution in [0.25, 0.3) is 28.0 Å². The minimum Gasteiger partial charge on any atom is -0.493 e. The molecule has 0 saturated carbocycles. The number of ketones is 1. The molecule has 5 rings (SSSR count). The first-order chi connectivity index (χ1) is 13.2. The molecule has 0 spiro atoms. The lowest BCUT2D eigenvalue weighted by atomic mass is 9.97. The zero-order valence-electron chi connectivity index (χ0n) is 14.7. The van der Waals surface area contributed by atoms with Gasteiger partial charge in [-0.15, -0.1) is 0 Å². The zero-order chi connectivity index (χ0) is 18.4. The Balaban J connectivity index is 1.58. The van der Waals surface area contributed by atoms with Gasteiger partial charge < -0.3 is 13.9 Å². The van der Waals surface area contributed by atoms with E-state index in [1.165, 1.54) is 0 Å². The van der Waals surface area contributed by atoms with E-state index in [1.807, 2.05) is 48.5 Å². The van der Waals surface area contributed by atoms with Crippen LogP contribution in [-0.4, -0.2) is 19.5 Å². The van der Waals surface area contributed by atoms with Gasteiger partial charge in [-0.25, -0.2) is 0 Å². The smallest absolute Gasteiger partial charge is 0.196 e. The SMILES string of the molecule is COc1cccc2c1OC/C(=C\c1ccc3oc4ccccc4c3c1)C2=O. The predicted molar refractivity (Wildman–Crippen MR) is 105 cm³/mol. The molecule has 0 radical (unpaired) electrons. The molecule has 0 fully saturated rings. The van der Waals surface area contributed by atoms with E-state index in [0.29, 0.717) is 22.6 Å². The number of Topliss-reactive ketones (excluding diaryl/α,β-unsaturated/α-hetero) is 1. The van der Waals surface area contributed by atoms with Crippen LogP contribution in [0, 0.1) is 0 Å². The van der Waals surface area contributed by atoms with Gasteiger partial charge in [0, 0.05) is 16.3 Å². The van der Waals surface area contributed by atoms with Gasteiger partial charge >= 0.3 is 0 Å². The highest BCUT2D eigenvalue weighted by molar-refractivity contribution is 6.14. The predicted octanol–water partition coefficient (Wildman–Crippen LogP) is 5.25. The Bertz CT molecular complexity index is 1230. The maximum absolute atomic E-state index is 12.9. The molecule has 1 aromatic heterocycles. The summed E-state index contributed by atoms with van der Waals surface area (Å²) in [4.78, 5) is 12.9. The first-order valence-electron chi connectivity index (χ1n) is 8.71. The van der Waals surface area contributed by atoms with Crippen LogP contribution in [0.2, 0.25) is 0 Å². The number of para-hydroxylation sites is 2. The van der Waals surface area contributed by atoms with Crippen molar-refractivity contribution in [1.29, 1.82) is 0 Å². The molecule has 4 nitrogen and oxygen atoms in total. The number of hydrogen-bond acceptors (Lipinski definition) is 4. The Hall–Kier alpha value is -3.53. The first-order valence-corrected chi connectivity index (χ1v) is 8.71. The van der Waals surface area contributed by atoms with Gasteiger partial charge in [0.15, 0.2) is 17.3 Å². The fourth-order valence-corrected chi connectivity index (χ4v) is 3.53. The second-order valence-corrected chi connectivity index (χ2v) is 6.48. The van der Waals surface area contributed by atoms with Crippen molar-refractivity contribution in [3.8, 4) is 11.5 Å².